The van der Waals surface area contributed by atoms with Gasteiger partial charge in [-0.2, -0.15) is 0 Å². The minimum Gasteiger partial charge on any atom is -0.460 e. The van der Waals surface area contributed by atoms with Gasteiger partial charge in [0, 0.05) is 13.1 Å². The summed E-state index contributed by atoms with van der Waals surface area (Å²) in [4.78, 5) is 30.9. The number of nitrogens with zero attached hydrogens (tertiary/aromatic N) is 2. The number of ether oxygens (including phenoxy) is 1. The van der Waals surface area contributed by atoms with Gasteiger partial charge in [0.05, 0.1) is 12.5 Å². The maximum atomic E-state index is 12.8. The highest BCUT2D eigenvalue weighted by Crippen LogP contribution is 2.39. The summed E-state index contributed by atoms with van der Waals surface area (Å²) in [7, 11) is 0. The largest absolute Gasteiger partial charge is 0.460 e. The molecular formula is C25H32N2O3. The third-order valence-corrected chi connectivity index (χ3v) is 5.53. The van der Waals surface area contributed by atoms with E-state index in [0.29, 0.717) is 12.4 Å². The number of benzene rings is 1. The molecule has 0 aliphatic heterocycles. The van der Waals surface area contributed by atoms with Gasteiger partial charge in [0.2, 0.25) is 5.91 Å². The van der Waals surface area contributed by atoms with Gasteiger partial charge in [0.1, 0.15) is 11.4 Å². The fraction of sp³-hybridized carbons (Fsp3) is 0.480. The van der Waals surface area contributed by atoms with Gasteiger partial charge in [-0.25, -0.2) is 4.98 Å². The van der Waals surface area contributed by atoms with Crippen LogP contribution in [0.3, 0.4) is 0 Å². The molecule has 1 fully saturated rings. The first-order chi connectivity index (χ1) is 14.2. The van der Waals surface area contributed by atoms with E-state index in [2.05, 4.69) is 29.2 Å². The van der Waals surface area contributed by atoms with Gasteiger partial charge in [0.15, 0.2) is 0 Å². The van der Waals surface area contributed by atoms with Crippen LogP contribution >= 0.6 is 0 Å². The van der Waals surface area contributed by atoms with Crippen LogP contribution in [0, 0.1) is 5.92 Å². The van der Waals surface area contributed by atoms with Gasteiger partial charge in [-0.15, -0.1) is 0 Å². The Hall–Kier alpha value is -2.69. The number of hydrogen-bond acceptors (Lipinski definition) is 4. The number of rotatable bonds is 5. The summed E-state index contributed by atoms with van der Waals surface area (Å²) in [6.07, 6.45) is 5.75. The van der Waals surface area contributed by atoms with Gasteiger partial charge in [-0.05, 0) is 62.8 Å². The molecule has 1 aromatic carbocycles. The van der Waals surface area contributed by atoms with E-state index in [0.717, 1.165) is 31.2 Å². The lowest BCUT2D eigenvalue weighted by Gasteiger charge is -2.32. The van der Waals surface area contributed by atoms with Crippen molar-refractivity contribution in [2.24, 2.45) is 5.92 Å². The van der Waals surface area contributed by atoms with E-state index in [1.54, 1.807) is 18.0 Å². The van der Waals surface area contributed by atoms with Gasteiger partial charge in [-0.1, -0.05) is 43.2 Å². The zero-order valence-electron chi connectivity index (χ0n) is 18.4. The van der Waals surface area contributed by atoms with E-state index in [1.807, 2.05) is 39.0 Å². The first-order valence-electron chi connectivity index (χ1n) is 10.8. The Morgan fingerprint density at radius 3 is 2.37 bits per heavy atom. The van der Waals surface area contributed by atoms with E-state index in [9.17, 15) is 9.59 Å². The summed E-state index contributed by atoms with van der Waals surface area (Å²) in [5, 5.41) is 0. The van der Waals surface area contributed by atoms with Crippen molar-refractivity contribution in [2.75, 3.05) is 4.90 Å². The predicted octanol–water partition coefficient (Wildman–Crippen LogP) is 5.25. The van der Waals surface area contributed by atoms with Crippen molar-refractivity contribution in [3.05, 3.63) is 59.8 Å². The minimum atomic E-state index is -0.468. The zero-order valence-corrected chi connectivity index (χ0v) is 18.4. The van der Waals surface area contributed by atoms with Gasteiger partial charge in [-0.3, -0.25) is 14.5 Å². The predicted molar refractivity (Wildman–Crippen MR) is 118 cm³/mol. The lowest BCUT2D eigenvalue weighted by Crippen LogP contribution is -2.33. The smallest absolute Gasteiger partial charge is 0.310 e. The Morgan fingerprint density at radius 2 is 1.77 bits per heavy atom. The van der Waals surface area contributed by atoms with E-state index in [-0.39, 0.29) is 23.7 Å². The number of esters is 1. The van der Waals surface area contributed by atoms with Crippen LogP contribution < -0.4 is 4.90 Å². The molecular weight excluding hydrogens is 376 g/mol. The monoisotopic (exact) mass is 408 g/mol. The normalized spacial score (nSPS) is 19.2. The molecule has 0 saturated heterocycles. The minimum absolute atomic E-state index is 0.0463. The second kappa shape index (κ2) is 9.41. The van der Waals surface area contributed by atoms with Crippen LogP contribution in [0.25, 0.3) is 0 Å². The van der Waals surface area contributed by atoms with Gasteiger partial charge in [0.25, 0.3) is 0 Å². The molecule has 160 valence electrons. The number of carbonyl (C=O) groups excluding carboxylic acids is 2. The summed E-state index contributed by atoms with van der Waals surface area (Å²) in [6.45, 7) is 7.77. The fourth-order valence-electron chi connectivity index (χ4n) is 4.11. The van der Waals surface area contributed by atoms with E-state index >= 15 is 0 Å². The molecule has 5 nitrogen and oxygen atoms in total. The topological polar surface area (TPSA) is 59.5 Å². The Kier molecular flexibility index (Phi) is 6.91. The SMILES string of the molecule is CC(=O)N(Cc1ccc(C2CCCCC2C(=O)OC(C)(C)C)cc1)c1ccccn1. The first kappa shape index (κ1) is 22.0. The molecule has 1 aromatic heterocycles. The molecule has 2 unspecified atom stereocenters. The molecule has 1 aliphatic carbocycles. The van der Waals surface area contributed by atoms with E-state index < -0.39 is 5.60 Å². The van der Waals surface area contributed by atoms with Crippen molar-refractivity contribution in [2.45, 2.75) is 71.4 Å². The van der Waals surface area contributed by atoms with Crippen molar-refractivity contribution < 1.29 is 14.3 Å². The Labute approximate surface area is 179 Å². The molecule has 1 saturated carbocycles. The first-order valence-corrected chi connectivity index (χ1v) is 10.8. The van der Waals surface area contributed by atoms with Crippen molar-refractivity contribution in [1.29, 1.82) is 0 Å². The van der Waals surface area contributed by atoms with Gasteiger partial charge < -0.3 is 4.74 Å². The summed E-state index contributed by atoms with van der Waals surface area (Å²) < 4.78 is 5.69. The number of hydrogen-bond donors (Lipinski definition) is 0. The number of anilines is 1. The Bertz CT molecular complexity index is 856. The van der Waals surface area contributed by atoms with E-state index in [4.69, 9.17) is 4.74 Å². The third kappa shape index (κ3) is 5.68. The average Bonchev–Trinajstić information content (AvgIpc) is 2.71. The average molecular weight is 409 g/mol. The highest BCUT2D eigenvalue weighted by atomic mass is 16.6. The Morgan fingerprint density at radius 1 is 1.07 bits per heavy atom. The summed E-state index contributed by atoms with van der Waals surface area (Å²) in [6, 6.07) is 13.8. The molecule has 5 heteroatoms. The molecule has 0 bridgehead atoms. The standard InChI is InChI=1S/C25H32N2O3/c1-18(28)27(23-11-7-8-16-26-23)17-19-12-14-20(15-13-19)21-9-5-6-10-22(21)24(29)30-25(2,3)4/h7-8,11-16,21-22H,5-6,9-10,17H2,1-4H3. The van der Waals surface area contributed by atoms with Crippen LogP contribution in [-0.2, 0) is 20.9 Å². The number of pyridine rings is 1. The molecule has 1 aliphatic rings. The van der Waals surface area contributed by atoms with Crippen LogP contribution in [0.2, 0.25) is 0 Å². The summed E-state index contributed by atoms with van der Waals surface area (Å²) in [5.41, 5.74) is 1.73. The molecule has 0 spiro atoms. The fourth-order valence-corrected chi connectivity index (χ4v) is 4.11. The number of aromatic nitrogens is 1. The molecule has 3 rings (SSSR count). The van der Waals surface area contributed by atoms with Crippen molar-refractivity contribution in [3.8, 4) is 0 Å². The van der Waals surface area contributed by atoms with Crippen molar-refractivity contribution in [1.82, 2.24) is 4.98 Å². The number of carbonyl (C=O) groups is 2. The lowest BCUT2D eigenvalue weighted by atomic mass is 9.75. The lowest BCUT2D eigenvalue weighted by molar-refractivity contribution is -0.161. The summed E-state index contributed by atoms with van der Waals surface area (Å²) >= 11 is 0. The molecule has 30 heavy (non-hydrogen) atoms. The highest BCUT2D eigenvalue weighted by Gasteiger charge is 2.35. The molecule has 0 N–H and O–H groups in total. The molecule has 2 atom stereocenters. The zero-order chi connectivity index (χ0) is 21.7. The summed E-state index contributed by atoms with van der Waals surface area (Å²) in [5.74, 6) is 0.601. The quantitative estimate of drug-likeness (QED) is 0.634. The van der Waals surface area contributed by atoms with Crippen LogP contribution in [0.5, 0.6) is 0 Å². The maximum Gasteiger partial charge on any atom is 0.310 e. The molecule has 2 aromatic rings. The van der Waals surface area contributed by atoms with Crippen LogP contribution in [0.15, 0.2) is 48.7 Å². The second-order valence-corrected chi connectivity index (χ2v) is 9.07. The molecule has 1 heterocycles. The van der Waals surface area contributed by atoms with Crippen molar-refractivity contribution in [3.63, 3.8) is 0 Å². The number of amides is 1. The Balaban J connectivity index is 1.75. The molecule has 1 amide bonds. The van der Waals surface area contributed by atoms with Crippen LogP contribution in [0.1, 0.15) is 70.4 Å². The third-order valence-electron chi connectivity index (χ3n) is 5.53. The highest BCUT2D eigenvalue weighted by molar-refractivity contribution is 5.90. The van der Waals surface area contributed by atoms with Crippen LogP contribution in [-0.4, -0.2) is 22.5 Å². The maximum absolute atomic E-state index is 12.8. The van der Waals surface area contributed by atoms with Crippen molar-refractivity contribution >= 4 is 17.7 Å². The van der Waals surface area contributed by atoms with E-state index in [1.165, 1.54) is 5.56 Å². The molecule has 0 radical (unpaired) electrons. The van der Waals surface area contributed by atoms with Gasteiger partial charge >= 0.3 is 5.97 Å². The van der Waals surface area contributed by atoms with Crippen LogP contribution in [0.4, 0.5) is 5.82 Å². The second-order valence-electron chi connectivity index (χ2n) is 9.07.